The minimum absolute atomic E-state index is 0.0145. The lowest BCUT2D eigenvalue weighted by molar-refractivity contribution is -0.131. The fourth-order valence-corrected chi connectivity index (χ4v) is 8.12. The van der Waals surface area contributed by atoms with Crippen LogP contribution in [0.1, 0.15) is 45.1 Å². The number of phenols is 1. The number of phenolic OH excluding ortho intramolecular Hbond substituents is 1. The third kappa shape index (κ3) is 6.41. The van der Waals surface area contributed by atoms with Crippen LogP contribution in [0.2, 0.25) is 0 Å². The number of rotatable bonds is 1. The van der Waals surface area contributed by atoms with Gasteiger partial charge in [0.15, 0.2) is 5.82 Å². The van der Waals surface area contributed by atoms with Crippen molar-refractivity contribution in [2.75, 3.05) is 64.4 Å². The van der Waals surface area contributed by atoms with E-state index in [0.29, 0.717) is 62.4 Å². The van der Waals surface area contributed by atoms with Gasteiger partial charge in [-0.25, -0.2) is 8.78 Å². The predicted molar refractivity (Wildman–Crippen MR) is 191 cm³/mol. The molecule has 2 aromatic carbocycles. The van der Waals surface area contributed by atoms with Crippen LogP contribution < -0.4 is 15.0 Å². The maximum Gasteiger partial charge on any atom is 0.319 e. The molecule has 3 fully saturated rings. The van der Waals surface area contributed by atoms with Gasteiger partial charge in [-0.2, -0.15) is 9.97 Å². The number of anilines is 1. The number of ether oxygens (including phenoxy) is 2. The molecule has 1 spiro atoms. The Hall–Kier alpha value is -4.64. The summed E-state index contributed by atoms with van der Waals surface area (Å²) in [7, 11) is 1.80. The van der Waals surface area contributed by atoms with Crippen LogP contribution in [-0.2, 0) is 9.53 Å². The fourth-order valence-electron chi connectivity index (χ4n) is 8.12. The molecule has 6 heterocycles. The van der Waals surface area contributed by atoms with Crippen molar-refractivity contribution in [3.05, 3.63) is 47.7 Å². The third-order valence-electron chi connectivity index (χ3n) is 10.5. The van der Waals surface area contributed by atoms with Gasteiger partial charge in [0.05, 0.1) is 35.6 Å². The van der Waals surface area contributed by atoms with Crippen LogP contribution in [-0.4, -0.2) is 113 Å². The second-order valence-electron chi connectivity index (χ2n) is 13.6. The molecule has 4 aliphatic heterocycles. The SMILES string of the molecule is C#Cc1c(F)ccc2cc(O)cc(-c3ncc4c5nc(nc4c3F)OCC34CCCN3CC(C4)OCCC(=O)N(C)CC3CN5CCN3)c12.CC. The molecule has 1 amide bonds. The number of hydrogen-bond acceptors (Lipinski definition) is 10. The molecule has 4 aliphatic rings. The van der Waals surface area contributed by atoms with E-state index in [4.69, 9.17) is 20.9 Å². The zero-order chi connectivity index (χ0) is 35.9. The number of pyridine rings is 1. The van der Waals surface area contributed by atoms with Gasteiger partial charge in [-0.3, -0.25) is 14.7 Å². The van der Waals surface area contributed by atoms with Crippen LogP contribution in [0.15, 0.2) is 30.5 Å². The smallest absolute Gasteiger partial charge is 0.319 e. The summed E-state index contributed by atoms with van der Waals surface area (Å²) >= 11 is 0. The van der Waals surface area contributed by atoms with E-state index in [1.807, 2.05) is 18.7 Å². The molecule has 2 N–H and O–H groups in total. The normalized spacial score (nSPS) is 24.0. The summed E-state index contributed by atoms with van der Waals surface area (Å²) in [6, 6.07) is 5.43. The van der Waals surface area contributed by atoms with Gasteiger partial charge in [-0.15, -0.1) is 6.42 Å². The van der Waals surface area contributed by atoms with Gasteiger partial charge >= 0.3 is 6.01 Å². The monoisotopic (exact) mass is 699 g/mol. The first-order valence-corrected chi connectivity index (χ1v) is 17.7. The van der Waals surface area contributed by atoms with Crippen molar-refractivity contribution in [3.8, 4) is 35.4 Å². The van der Waals surface area contributed by atoms with E-state index in [0.717, 1.165) is 32.4 Å². The molecule has 0 saturated carbocycles. The highest BCUT2D eigenvalue weighted by molar-refractivity contribution is 6.03. The van der Waals surface area contributed by atoms with Gasteiger partial charge in [0, 0.05) is 63.0 Å². The molecule has 3 saturated heterocycles. The van der Waals surface area contributed by atoms with E-state index in [1.165, 1.54) is 30.5 Å². The largest absolute Gasteiger partial charge is 0.508 e. The van der Waals surface area contributed by atoms with Crippen LogP contribution in [0, 0.1) is 24.0 Å². The highest BCUT2D eigenvalue weighted by atomic mass is 19.1. The minimum Gasteiger partial charge on any atom is -0.508 e. The van der Waals surface area contributed by atoms with Crippen molar-refractivity contribution in [3.63, 3.8) is 0 Å². The van der Waals surface area contributed by atoms with E-state index < -0.39 is 11.6 Å². The molecular formula is C38H43F2N7O4. The zero-order valence-electron chi connectivity index (χ0n) is 29.2. The highest BCUT2D eigenvalue weighted by Gasteiger charge is 2.49. The average molecular weight is 700 g/mol. The molecule has 3 unspecified atom stereocenters. The Morgan fingerprint density at radius 3 is 2.80 bits per heavy atom. The first kappa shape index (κ1) is 34.8. The minimum atomic E-state index is -0.775. The lowest BCUT2D eigenvalue weighted by Gasteiger charge is -2.36. The number of hydrogen-bond donors (Lipinski definition) is 2. The van der Waals surface area contributed by atoms with E-state index in [1.54, 1.807) is 11.9 Å². The number of likely N-dealkylation sites (N-methyl/N-ethyl adjacent to an activating group) is 1. The molecule has 11 nitrogen and oxygen atoms in total. The molecule has 51 heavy (non-hydrogen) atoms. The Morgan fingerprint density at radius 1 is 1.14 bits per heavy atom. The molecule has 8 rings (SSSR count). The lowest BCUT2D eigenvalue weighted by atomic mass is 9.94. The van der Waals surface area contributed by atoms with E-state index in [-0.39, 0.29) is 63.1 Å². The number of amides is 1. The van der Waals surface area contributed by atoms with Crippen LogP contribution in [0.25, 0.3) is 32.9 Å². The first-order chi connectivity index (χ1) is 24.7. The molecule has 6 bridgehead atoms. The number of nitrogens with zero attached hydrogens (tertiary/aromatic N) is 6. The molecule has 3 atom stereocenters. The number of piperazine rings is 1. The Bertz CT molecular complexity index is 2020. The summed E-state index contributed by atoms with van der Waals surface area (Å²) in [6.07, 6.45) is 10.2. The van der Waals surface area contributed by atoms with E-state index in [9.17, 15) is 14.3 Å². The quantitative estimate of drug-likeness (QED) is 0.276. The summed E-state index contributed by atoms with van der Waals surface area (Å²) < 4.78 is 44.4. The van der Waals surface area contributed by atoms with Crippen molar-refractivity contribution in [2.24, 2.45) is 0 Å². The van der Waals surface area contributed by atoms with Gasteiger partial charge in [0.2, 0.25) is 5.91 Å². The Labute approximate surface area is 295 Å². The maximum absolute atomic E-state index is 16.9. The zero-order valence-corrected chi connectivity index (χ0v) is 29.2. The summed E-state index contributed by atoms with van der Waals surface area (Å²) in [5.41, 5.74) is -0.356. The number of terminal acetylenes is 1. The number of carbonyl (C=O) groups excluding carboxylic acids is 1. The van der Waals surface area contributed by atoms with E-state index >= 15 is 4.39 Å². The first-order valence-electron chi connectivity index (χ1n) is 17.7. The summed E-state index contributed by atoms with van der Waals surface area (Å²) in [5, 5.41) is 15.2. The van der Waals surface area contributed by atoms with Crippen molar-refractivity contribution in [2.45, 2.75) is 57.2 Å². The van der Waals surface area contributed by atoms with E-state index in [2.05, 4.69) is 26.1 Å². The maximum atomic E-state index is 16.9. The van der Waals surface area contributed by atoms with Gasteiger partial charge in [0.1, 0.15) is 35.2 Å². The predicted octanol–water partition coefficient (Wildman–Crippen LogP) is 4.48. The van der Waals surface area contributed by atoms with Crippen molar-refractivity contribution >= 4 is 33.4 Å². The topological polar surface area (TPSA) is 116 Å². The number of halogens is 2. The van der Waals surface area contributed by atoms with Gasteiger partial charge in [-0.1, -0.05) is 25.8 Å². The van der Waals surface area contributed by atoms with Crippen LogP contribution in [0.4, 0.5) is 14.6 Å². The molecule has 2 aromatic heterocycles. The lowest BCUT2D eigenvalue weighted by Crippen LogP contribution is -2.55. The number of nitrogens with one attached hydrogen (secondary N) is 1. The summed E-state index contributed by atoms with van der Waals surface area (Å²) in [4.78, 5) is 33.2. The molecule has 268 valence electrons. The number of aromatic hydroxyl groups is 1. The van der Waals surface area contributed by atoms with Gasteiger partial charge < -0.3 is 29.7 Å². The Balaban J connectivity index is 0.00000200. The Kier molecular flexibility index (Phi) is 9.67. The van der Waals surface area contributed by atoms with Crippen molar-refractivity contribution in [1.82, 2.24) is 30.1 Å². The van der Waals surface area contributed by atoms with Crippen LogP contribution in [0.3, 0.4) is 0 Å². The third-order valence-corrected chi connectivity index (χ3v) is 10.5. The molecule has 4 aromatic rings. The fraction of sp³-hybridized carbons (Fsp3) is 0.474. The molecular weight excluding hydrogens is 656 g/mol. The van der Waals surface area contributed by atoms with Crippen LogP contribution in [0.5, 0.6) is 11.8 Å². The van der Waals surface area contributed by atoms with Gasteiger partial charge in [-0.05, 0) is 49.4 Å². The second-order valence-corrected chi connectivity index (χ2v) is 13.6. The number of fused-ring (bicyclic) bond motifs is 9. The average Bonchev–Trinajstić information content (AvgIpc) is 3.68. The molecule has 0 radical (unpaired) electrons. The standard InChI is InChI=1S/C36H37F2N7O4.C2H6/c1-3-25-28(37)6-5-21-13-23(46)14-26(30(21)25)32-31(38)33-27(16-40-32)34-42-35(41-33)49-20-36-8-4-10-45(36)19-24(15-36)48-12-7-29(47)43(2)17-22-18-44(34)11-9-39-22;1-2/h1,5-6,13-14,16,22,24,39,46H,4,7-12,15,17-20H2,2H3;1-2H3. The van der Waals surface area contributed by atoms with Gasteiger partial charge in [0.25, 0.3) is 0 Å². The number of benzene rings is 2. The Morgan fingerprint density at radius 2 is 1.98 bits per heavy atom. The van der Waals surface area contributed by atoms with Crippen LogP contribution >= 0.6 is 0 Å². The second kappa shape index (κ2) is 14.2. The molecule has 13 heteroatoms. The molecule has 0 aliphatic carbocycles. The number of aromatic nitrogens is 3. The van der Waals surface area contributed by atoms with Crippen molar-refractivity contribution < 1.29 is 28.2 Å². The summed E-state index contributed by atoms with van der Waals surface area (Å²) in [6.45, 7) is 8.46. The van der Waals surface area contributed by atoms with Crippen molar-refractivity contribution in [1.29, 1.82) is 0 Å². The number of carbonyl (C=O) groups is 1. The highest BCUT2D eigenvalue weighted by Crippen LogP contribution is 2.42. The summed E-state index contributed by atoms with van der Waals surface area (Å²) in [5.74, 6) is 1.30.